The van der Waals surface area contributed by atoms with Crippen molar-refractivity contribution in [2.24, 2.45) is 56.7 Å². The van der Waals surface area contributed by atoms with Gasteiger partial charge in [-0.25, -0.2) is 13.6 Å². The summed E-state index contributed by atoms with van der Waals surface area (Å²) in [6.07, 6.45) is 7.64. The van der Waals surface area contributed by atoms with Crippen molar-refractivity contribution in [3.63, 3.8) is 0 Å². The third kappa shape index (κ3) is 6.55. The second-order valence-electron chi connectivity index (χ2n) is 20.6. The van der Waals surface area contributed by atoms with Crippen LogP contribution in [-0.2, 0) is 19.1 Å². The normalized spacial score (nSPS) is 39.4. The quantitative estimate of drug-likeness (QED) is 0.213. The van der Waals surface area contributed by atoms with Gasteiger partial charge in [-0.2, -0.15) is 0 Å². The molecule has 5 fully saturated rings. The maximum Gasteiger partial charge on any atom is 0.315 e. The number of urea groups is 1. The number of allylic oxidation sites excluding steroid dienone is 1. The van der Waals surface area contributed by atoms with Gasteiger partial charge in [0.1, 0.15) is 6.10 Å². The standard InChI is InChI=1S/C43H66F2N2O6/c1-25(2)33-28(48)22-42(47-36(52)46-24-26-12-18-43(44,45)19-13-26)21-20-40(8)27(34(33)42)10-11-30-39(7)16-15-31(53-32(49)23-37(3,4)35(50)51)38(5,6)29(39)14-17-41(30,40)9/h25-27,29-31H,10-24H2,1-9H3,(H,50,51)(H2,46,47,52)/t27-,29+,30-,31+,39+,40-,41-,42-/m1/s1. The minimum absolute atomic E-state index is 0.00946. The molecule has 0 radical (unpaired) electrons. The Hall–Kier alpha value is -2.52. The summed E-state index contributed by atoms with van der Waals surface area (Å²) in [5.41, 5.74) is -0.220. The highest BCUT2D eigenvalue weighted by Gasteiger charge is 2.70. The number of hydrogen-bond acceptors (Lipinski definition) is 5. The summed E-state index contributed by atoms with van der Waals surface area (Å²) < 4.78 is 33.7. The summed E-state index contributed by atoms with van der Waals surface area (Å²) in [7, 11) is 0. The lowest BCUT2D eigenvalue weighted by Crippen LogP contribution is -2.67. The van der Waals surface area contributed by atoms with E-state index in [0.29, 0.717) is 37.6 Å². The molecule has 0 saturated heterocycles. The van der Waals surface area contributed by atoms with Crippen LogP contribution < -0.4 is 10.6 Å². The molecule has 53 heavy (non-hydrogen) atoms. The average molecular weight is 745 g/mol. The van der Waals surface area contributed by atoms with Crippen molar-refractivity contribution in [3.05, 3.63) is 11.1 Å². The van der Waals surface area contributed by atoms with Crippen molar-refractivity contribution < 1.29 is 37.8 Å². The van der Waals surface area contributed by atoms with E-state index in [-0.39, 0.29) is 83.0 Å². The van der Waals surface area contributed by atoms with Crippen molar-refractivity contribution in [1.82, 2.24) is 10.6 Å². The predicted octanol–water partition coefficient (Wildman–Crippen LogP) is 9.26. The minimum atomic E-state index is -2.61. The lowest BCUT2D eigenvalue weighted by Gasteiger charge is -2.72. The molecular weight excluding hydrogens is 678 g/mol. The highest BCUT2D eigenvalue weighted by molar-refractivity contribution is 6.02. The van der Waals surface area contributed by atoms with Crippen LogP contribution >= 0.6 is 0 Å². The highest BCUT2D eigenvalue weighted by atomic mass is 19.3. The van der Waals surface area contributed by atoms with Gasteiger partial charge in [-0.3, -0.25) is 14.4 Å². The number of carboxylic acids is 1. The number of carbonyl (C=O) groups is 4. The maximum absolute atomic E-state index is 13.9. The first-order valence-corrected chi connectivity index (χ1v) is 20.6. The molecule has 8 atom stereocenters. The molecule has 8 nitrogen and oxygen atoms in total. The Balaban J connectivity index is 1.23. The Morgan fingerprint density at radius 1 is 0.868 bits per heavy atom. The number of alkyl halides is 2. The smallest absolute Gasteiger partial charge is 0.315 e. The molecule has 0 aromatic carbocycles. The Bertz CT molecular complexity index is 1540. The zero-order valence-corrected chi connectivity index (χ0v) is 33.8. The summed E-state index contributed by atoms with van der Waals surface area (Å²) in [6.45, 7) is 19.6. The number of halogens is 2. The number of rotatable bonds is 8. The van der Waals surface area contributed by atoms with Gasteiger partial charge in [-0.05, 0) is 135 Å². The number of carbonyl (C=O) groups excluding carboxylic acids is 3. The van der Waals surface area contributed by atoms with E-state index in [1.165, 1.54) is 0 Å². The molecule has 0 heterocycles. The molecule has 298 valence electrons. The van der Waals surface area contributed by atoms with E-state index in [1.54, 1.807) is 13.8 Å². The SMILES string of the molecule is CC(C)C1=C2[C@H]3CC[C@@H]4[C@@]5(C)CC[C@H](OC(=O)CC(C)(C)C(=O)O)C(C)(C)[C@@H]5CC[C@@]4(C)[C@]3(C)CC[C@@]2(NC(=O)NCC2CCC(F)(F)CC2)CC1=O. The van der Waals surface area contributed by atoms with Gasteiger partial charge in [0.15, 0.2) is 5.78 Å². The van der Waals surface area contributed by atoms with Crippen LogP contribution in [0.1, 0.15) is 152 Å². The molecule has 0 bridgehead atoms. The van der Waals surface area contributed by atoms with Gasteiger partial charge in [0.2, 0.25) is 5.92 Å². The second-order valence-corrected chi connectivity index (χ2v) is 20.6. The third-order valence-electron chi connectivity index (χ3n) is 16.5. The lowest BCUT2D eigenvalue weighted by molar-refractivity contribution is -0.232. The molecule has 10 heteroatoms. The van der Waals surface area contributed by atoms with E-state index in [1.807, 2.05) is 0 Å². The summed E-state index contributed by atoms with van der Waals surface area (Å²) in [4.78, 5) is 52.4. The molecule has 6 aliphatic carbocycles. The van der Waals surface area contributed by atoms with E-state index < -0.39 is 28.8 Å². The molecule has 6 aliphatic rings. The first kappa shape index (κ1) is 40.2. The van der Waals surface area contributed by atoms with Gasteiger partial charge >= 0.3 is 18.0 Å². The van der Waals surface area contributed by atoms with E-state index in [9.17, 15) is 33.1 Å². The molecule has 6 rings (SSSR count). The van der Waals surface area contributed by atoms with Crippen LogP contribution in [0.25, 0.3) is 0 Å². The van der Waals surface area contributed by atoms with Gasteiger partial charge in [-0.1, -0.05) is 48.5 Å². The molecular formula is C43H66F2N2O6. The minimum Gasteiger partial charge on any atom is -0.481 e. The van der Waals surface area contributed by atoms with Crippen LogP contribution in [0, 0.1) is 56.7 Å². The molecule has 0 unspecified atom stereocenters. The van der Waals surface area contributed by atoms with E-state index in [2.05, 4.69) is 59.1 Å². The third-order valence-corrected chi connectivity index (χ3v) is 16.5. The van der Waals surface area contributed by atoms with Gasteiger partial charge in [0, 0.05) is 31.2 Å². The zero-order valence-electron chi connectivity index (χ0n) is 33.8. The fraction of sp³-hybridized carbons (Fsp3) is 0.860. The van der Waals surface area contributed by atoms with Crippen molar-refractivity contribution in [2.45, 2.75) is 170 Å². The number of ketones is 1. The van der Waals surface area contributed by atoms with Crippen molar-refractivity contribution in [2.75, 3.05) is 6.54 Å². The number of carboxylic acid groups (broad SMARTS) is 1. The fourth-order valence-corrected chi connectivity index (χ4v) is 13.4. The maximum atomic E-state index is 13.9. The first-order chi connectivity index (χ1) is 24.4. The molecule has 2 amide bonds. The van der Waals surface area contributed by atoms with Crippen LogP contribution in [0.3, 0.4) is 0 Å². The zero-order chi connectivity index (χ0) is 39.2. The number of fused-ring (bicyclic) bond motifs is 7. The predicted molar refractivity (Wildman–Crippen MR) is 199 cm³/mol. The Morgan fingerprint density at radius 3 is 2.15 bits per heavy atom. The van der Waals surface area contributed by atoms with Gasteiger partial charge < -0.3 is 20.5 Å². The van der Waals surface area contributed by atoms with Crippen LogP contribution in [0.5, 0.6) is 0 Å². The van der Waals surface area contributed by atoms with E-state index in [4.69, 9.17) is 4.74 Å². The van der Waals surface area contributed by atoms with Gasteiger partial charge in [0.05, 0.1) is 17.4 Å². The van der Waals surface area contributed by atoms with Crippen molar-refractivity contribution >= 4 is 23.8 Å². The monoisotopic (exact) mass is 744 g/mol. The Labute approximate surface area is 315 Å². The summed E-state index contributed by atoms with van der Waals surface area (Å²) >= 11 is 0. The van der Waals surface area contributed by atoms with Gasteiger partial charge in [-0.15, -0.1) is 0 Å². The number of amides is 2. The molecule has 3 N–H and O–H groups in total. The molecule has 0 spiro atoms. The number of ether oxygens (including phenoxy) is 1. The lowest BCUT2D eigenvalue weighted by atomic mass is 9.33. The summed E-state index contributed by atoms with van der Waals surface area (Å²) in [5, 5.41) is 16.0. The summed E-state index contributed by atoms with van der Waals surface area (Å²) in [5.74, 6) is -2.94. The van der Waals surface area contributed by atoms with Crippen molar-refractivity contribution in [3.8, 4) is 0 Å². The van der Waals surface area contributed by atoms with Crippen LogP contribution in [-0.4, -0.2) is 53.0 Å². The largest absolute Gasteiger partial charge is 0.481 e. The highest BCUT2D eigenvalue weighted by Crippen LogP contribution is 2.76. The summed E-state index contributed by atoms with van der Waals surface area (Å²) in [6, 6.07) is -0.305. The van der Waals surface area contributed by atoms with Gasteiger partial charge in [0.25, 0.3) is 0 Å². The second kappa shape index (κ2) is 13.3. The molecule has 5 saturated carbocycles. The van der Waals surface area contributed by atoms with Crippen molar-refractivity contribution in [1.29, 1.82) is 0 Å². The molecule has 0 aromatic rings. The van der Waals surface area contributed by atoms with Crippen LogP contribution in [0.4, 0.5) is 13.6 Å². The number of Topliss-reactive ketones (excluding diaryl/α,β-unsaturated/α-hetero) is 1. The molecule has 0 aliphatic heterocycles. The van der Waals surface area contributed by atoms with E-state index in [0.717, 1.165) is 56.1 Å². The van der Waals surface area contributed by atoms with E-state index >= 15 is 0 Å². The number of esters is 1. The number of aliphatic carboxylic acids is 1. The van der Waals surface area contributed by atoms with Crippen LogP contribution in [0.15, 0.2) is 11.1 Å². The fourth-order valence-electron chi connectivity index (χ4n) is 13.4. The van der Waals surface area contributed by atoms with Crippen LogP contribution in [0.2, 0.25) is 0 Å². The molecule has 0 aromatic heterocycles. The first-order valence-electron chi connectivity index (χ1n) is 20.6. The topological polar surface area (TPSA) is 122 Å². The number of nitrogens with one attached hydrogen (secondary N) is 2. The Kier molecular flexibility index (Phi) is 10.1. The average Bonchev–Trinajstić information content (AvgIpc) is 3.33. The Morgan fingerprint density at radius 2 is 1.53 bits per heavy atom. The number of hydrogen-bond donors (Lipinski definition) is 3.